The molecule has 10 heteroatoms. The number of carboxylic acid groups (broad SMARTS) is 1. The van der Waals surface area contributed by atoms with Crippen molar-refractivity contribution in [2.24, 2.45) is 7.05 Å². The minimum absolute atomic E-state index is 0.110. The van der Waals surface area contributed by atoms with Crippen LogP contribution in [-0.2, 0) is 23.0 Å². The molecule has 1 aromatic heterocycles. The molecule has 2 amide bonds. The Kier molecular flexibility index (Phi) is 8.86. The number of ether oxygens (including phenoxy) is 1. The van der Waals surface area contributed by atoms with Crippen molar-refractivity contribution in [3.05, 3.63) is 106 Å². The zero-order valence-electron chi connectivity index (χ0n) is 22.2. The van der Waals surface area contributed by atoms with Gasteiger partial charge >= 0.3 is 12.1 Å². The third-order valence-electron chi connectivity index (χ3n) is 6.38. The minimum atomic E-state index is -1.14. The molecule has 3 N–H and O–H groups in total. The second-order valence-corrected chi connectivity index (χ2v) is 9.72. The highest BCUT2D eigenvalue weighted by Crippen LogP contribution is 2.31. The van der Waals surface area contributed by atoms with Gasteiger partial charge in [0, 0.05) is 29.6 Å². The first kappa shape index (κ1) is 28.4. The Bertz CT molecular complexity index is 1500. The van der Waals surface area contributed by atoms with Crippen molar-refractivity contribution in [2.75, 3.05) is 5.32 Å². The molecule has 2 atom stereocenters. The van der Waals surface area contributed by atoms with E-state index in [1.54, 1.807) is 74.1 Å². The summed E-state index contributed by atoms with van der Waals surface area (Å²) in [5.74, 6) is -1.67. The highest BCUT2D eigenvalue weighted by molar-refractivity contribution is 6.30. The van der Waals surface area contributed by atoms with Gasteiger partial charge in [0.15, 0.2) is 0 Å². The Morgan fingerprint density at radius 3 is 2.27 bits per heavy atom. The van der Waals surface area contributed by atoms with Crippen molar-refractivity contribution in [1.82, 2.24) is 15.1 Å². The van der Waals surface area contributed by atoms with Crippen LogP contribution in [0.4, 0.5) is 10.5 Å². The van der Waals surface area contributed by atoms with E-state index in [2.05, 4.69) is 15.7 Å². The van der Waals surface area contributed by atoms with Gasteiger partial charge in [0.05, 0.1) is 17.1 Å². The van der Waals surface area contributed by atoms with E-state index < -0.39 is 30.1 Å². The number of halogens is 1. The van der Waals surface area contributed by atoms with E-state index in [9.17, 15) is 19.5 Å². The summed E-state index contributed by atoms with van der Waals surface area (Å²) in [6, 6.07) is 21.7. The first-order chi connectivity index (χ1) is 19.1. The van der Waals surface area contributed by atoms with Gasteiger partial charge in [-0.25, -0.2) is 9.59 Å². The van der Waals surface area contributed by atoms with Gasteiger partial charge in [-0.3, -0.25) is 14.8 Å². The molecule has 0 aliphatic heterocycles. The third-order valence-corrected chi connectivity index (χ3v) is 6.63. The molecule has 4 rings (SSSR count). The fourth-order valence-electron chi connectivity index (χ4n) is 4.30. The number of hydrogen-bond donors (Lipinski definition) is 3. The van der Waals surface area contributed by atoms with Crippen LogP contribution in [0.2, 0.25) is 5.02 Å². The van der Waals surface area contributed by atoms with Crippen molar-refractivity contribution in [1.29, 1.82) is 0 Å². The highest BCUT2D eigenvalue weighted by Gasteiger charge is 2.23. The molecule has 0 spiro atoms. The molecule has 0 aliphatic rings. The predicted octanol–water partition coefficient (Wildman–Crippen LogP) is 5.78. The quantitative estimate of drug-likeness (QED) is 0.238. The first-order valence-corrected chi connectivity index (χ1v) is 12.9. The Hall–Kier alpha value is -4.63. The molecular formula is C30H29ClN4O5. The van der Waals surface area contributed by atoms with Gasteiger partial charge in [-0.2, -0.15) is 5.10 Å². The summed E-state index contributed by atoms with van der Waals surface area (Å²) in [5, 5.41) is 20.0. The molecule has 1 heterocycles. The van der Waals surface area contributed by atoms with Crippen molar-refractivity contribution < 1.29 is 24.2 Å². The Morgan fingerprint density at radius 2 is 1.65 bits per heavy atom. The molecule has 3 aromatic carbocycles. The average Bonchev–Trinajstić information content (AvgIpc) is 3.21. The lowest BCUT2D eigenvalue weighted by atomic mass is 10.0. The van der Waals surface area contributed by atoms with Gasteiger partial charge in [0.2, 0.25) is 0 Å². The zero-order valence-corrected chi connectivity index (χ0v) is 23.0. The largest absolute Gasteiger partial charge is 0.480 e. The van der Waals surface area contributed by atoms with Crippen LogP contribution in [0.1, 0.15) is 40.2 Å². The van der Waals surface area contributed by atoms with E-state index >= 15 is 0 Å². The van der Waals surface area contributed by atoms with Crippen LogP contribution >= 0.6 is 11.6 Å². The van der Waals surface area contributed by atoms with Gasteiger partial charge in [-0.15, -0.1) is 0 Å². The van der Waals surface area contributed by atoms with Gasteiger partial charge in [0.1, 0.15) is 12.1 Å². The fraction of sp³-hybridized carbons (Fsp3) is 0.200. The van der Waals surface area contributed by atoms with E-state index in [1.165, 1.54) is 0 Å². The SMILES string of the molecule is Cc1nn(C)c(-c2ccc(C(=O)NC(Cc3ccc(Cl)cc3)C(=O)O)cc2)c1NC(=O)OC(C)c1ccccc1. The number of aryl methyl sites for hydroxylation is 2. The fourth-order valence-corrected chi connectivity index (χ4v) is 4.43. The third kappa shape index (κ3) is 6.86. The number of hydrogen-bond acceptors (Lipinski definition) is 5. The van der Waals surface area contributed by atoms with Gasteiger partial charge < -0.3 is 15.2 Å². The van der Waals surface area contributed by atoms with E-state index in [0.29, 0.717) is 27.7 Å². The summed E-state index contributed by atoms with van der Waals surface area (Å²) in [4.78, 5) is 37.4. The monoisotopic (exact) mass is 560 g/mol. The number of carbonyl (C=O) groups is 3. The van der Waals surface area contributed by atoms with E-state index in [-0.39, 0.29) is 12.0 Å². The molecule has 9 nitrogen and oxygen atoms in total. The van der Waals surface area contributed by atoms with Crippen LogP contribution in [0.3, 0.4) is 0 Å². The summed E-state index contributed by atoms with van der Waals surface area (Å²) in [6.45, 7) is 3.56. The molecule has 40 heavy (non-hydrogen) atoms. The first-order valence-electron chi connectivity index (χ1n) is 12.6. The molecule has 0 bridgehead atoms. The number of carboxylic acids is 1. The number of nitrogens with one attached hydrogen (secondary N) is 2. The van der Waals surface area contributed by atoms with Gasteiger partial charge in [-0.1, -0.05) is 66.2 Å². The molecule has 0 saturated carbocycles. The molecule has 2 unspecified atom stereocenters. The topological polar surface area (TPSA) is 123 Å². The van der Waals surface area contributed by atoms with Crippen LogP contribution in [0.25, 0.3) is 11.3 Å². The Morgan fingerprint density at radius 1 is 1.00 bits per heavy atom. The molecule has 206 valence electrons. The molecule has 0 radical (unpaired) electrons. The van der Waals surface area contributed by atoms with Crippen LogP contribution in [-0.4, -0.2) is 38.9 Å². The number of rotatable bonds is 9. The maximum atomic E-state index is 12.9. The van der Waals surface area contributed by atoms with Crippen molar-refractivity contribution in [2.45, 2.75) is 32.4 Å². The normalized spacial score (nSPS) is 12.3. The number of anilines is 1. The van der Waals surface area contributed by atoms with Crippen molar-refractivity contribution >= 4 is 35.3 Å². The predicted molar refractivity (Wildman–Crippen MR) is 152 cm³/mol. The van der Waals surface area contributed by atoms with Gasteiger partial charge in [-0.05, 0) is 49.2 Å². The lowest BCUT2D eigenvalue weighted by molar-refractivity contribution is -0.139. The summed E-state index contributed by atoms with van der Waals surface area (Å²) >= 11 is 5.90. The number of aromatic nitrogens is 2. The summed E-state index contributed by atoms with van der Waals surface area (Å²) in [7, 11) is 1.75. The second-order valence-electron chi connectivity index (χ2n) is 9.29. The lowest BCUT2D eigenvalue weighted by Crippen LogP contribution is -2.42. The number of nitrogens with zero attached hydrogens (tertiary/aromatic N) is 2. The molecule has 0 saturated heterocycles. The lowest BCUT2D eigenvalue weighted by Gasteiger charge is -2.16. The molecule has 0 aliphatic carbocycles. The van der Waals surface area contributed by atoms with E-state index in [0.717, 1.165) is 11.1 Å². The van der Waals surface area contributed by atoms with Crippen LogP contribution in [0, 0.1) is 6.92 Å². The van der Waals surface area contributed by atoms with Crippen LogP contribution in [0.5, 0.6) is 0 Å². The number of aliphatic carboxylic acids is 1. The number of amides is 2. The second kappa shape index (κ2) is 12.5. The zero-order chi connectivity index (χ0) is 28.8. The van der Waals surface area contributed by atoms with Crippen molar-refractivity contribution in [3.63, 3.8) is 0 Å². The smallest absolute Gasteiger partial charge is 0.412 e. The van der Waals surface area contributed by atoms with Gasteiger partial charge in [0.25, 0.3) is 5.91 Å². The maximum Gasteiger partial charge on any atom is 0.412 e. The molecule has 4 aromatic rings. The summed E-state index contributed by atoms with van der Waals surface area (Å²) in [5.41, 5.74) is 4.29. The summed E-state index contributed by atoms with van der Waals surface area (Å²) in [6.07, 6.45) is -0.961. The number of carbonyl (C=O) groups excluding carboxylic acids is 2. The van der Waals surface area contributed by atoms with Crippen LogP contribution < -0.4 is 10.6 Å². The highest BCUT2D eigenvalue weighted by atomic mass is 35.5. The standard InChI is InChI=1S/C30H29ClN4O5/c1-18-26(33-30(39)40-19(2)21-7-5-4-6-8-21)27(35(3)34-18)22-11-13-23(14-12-22)28(36)32-25(29(37)38)17-20-9-15-24(31)16-10-20/h4-16,19,25H,17H2,1-3H3,(H,32,36)(H,33,39)(H,37,38). The average molecular weight is 561 g/mol. The van der Waals surface area contributed by atoms with E-state index in [4.69, 9.17) is 16.3 Å². The Labute approximate surface area is 236 Å². The molecular weight excluding hydrogens is 532 g/mol. The number of benzene rings is 3. The van der Waals surface area contributed by atoms with Crippen molar-refractivity contribution in [3.8, 4) is 11.3 Å². The molecule has 0 fully saturated rings. The van der Waals surface area contributed by atoms with E-state index in [1.807, 2.05) is 30.3 Å². The summed E-state index contributed by atoms with van der Waals surface area (Å²) < 4.78 is 7.19. The van der Waals surface area contributed by atoms with Crippen LogP contribution in [0.15, 0.2) is 78.9 Å². The maximum absolute atomic E-state index is 12.9. The Balaban J connectivity index is 1.47. The minimum Gasteiger partial charge on any atom is -0.480 e.